The van der Waals surface area contributed by atoms with Crippen LogP contribution >= 0.6 is 0 Å². The Morgan fingerprint density at radius 2 is 1.73 bits per heavy atom. The minimum absolute atomic E-state index is 0.187. The lowest BCUT2D eigenvalue weighted by Crippen LogP contribution is -2.58. The van der Waals surface area contributed by atoms with Crippen LogP contribution in [-0.2, 0) is 24.0 Å². The number of hydrogen-bond acceptors (Lipinski definition) is 7. The maximum absolute atomic E-state index is 12.8. The average molecular weight is 430 g/mol. The van der Waals surface area contributed by atoms with Gasteiger partial charge >= 0.3 is 11.9 Å². The molecular weight excluding hydrogens is 400 g/mol. The summed E-state index contributed by atoms with van der Waals surface area (Å²) in [4.78, 5) is 60.6. The summed E-state index contributed by atoms with van der Waals surface area (Å²) >= 11 is 0. The highest BCUT2D eigenvalue weighted by molar-refractivity contribution is 5.94. The van der Waals surface area contributed by atoms with Crippen LogP contribution in [0, 0.1) is 5.92 Å². The number of aliphatic hydroxyl groups excluding tert-OH is 1. The Morgan fingerprint density at radius 3 is 2.23 bits per heavy atom. The van der Waals surface area contributed by atoms with Gasteiger partial charge in [0.2, 0.25) is 17.7 Å². The first kappa shape index (κ1) is 25.3. The van der Waals surface area contributed by atoms with Gasteiger partial charge in [0.05, 0.1) is 12.6 Å². The molecule has 1 rings (SSSR count). The number of hydrogen-bond donors (Lipinski definition) is 6. The van der Waals surface area contributed by atoms with Gasteiger partial charge in [-0.15, -0.1) is 0 Å². The van der Waals surface area contributed by atoms with Crippen LogP contribution in [-0.4, -0.2) is 87.2 Å². The number of carbonyl (C=O) groups is 5. The average Bonchev–Trinajstić information content (AvgIpc) is 3.17. The molecule has 4 unspecified atom stereocenters. The smallest absolute Gasteiger partial charge is 0.326 e. The van der Waals surface area contributed by atoms with Crippen LogP contribution in [0.1, 0.15) is 39.5 Å². The zero-order chi connectivity index (χ0) is 23.0. The van der Waals surface area contributed by atoms with Gasteiger partial charge < -0.3 is 36.6 Å². The summed E-state index contributed by atoms with van der Waals surface area (Å²) in [7, 11) is 0. The van der Waals surface area contributed by atoms with E-state index in [-0.39, 0.29) is 25.3 Å². The van der Waals surface area contributed by atoms with E-state index in [0.29, 0.717) is 6.42 Å². The number of likely N-dealkylation sites (tertiary alicyclic amines) is 1. The van der Waals surface area contributed by atoms with Crippen molar-refractivity contribution >= 4 is 29.7 Å². The van der Waals surface area contributed by atoms with Crippen molar-refractivity contribution in [1.29, 1.82) is 0 Å². The summed E-state index contributed by atoms with van der Waals surface area (Å²) < 4.78 is 0. The summed E-state index contributed by atoms with van der Waals surface area (Å²) in [6.45, 7) is 2.94. The molecular formula is C18H30N4O8. The minimum atomic E-state index is -1.41. The molecule has 0 aromatic heterocycles. The monoisotopic (exact) mass is 430 g/mol. The van der Waals surface area contributed by atoms with E-state index in [9.17, 15) is 34.2 Å². The minimum Gasteiger partial charge on any atom is -0.481 e. The van der Waals surface area contributed by atoms with E-state index >= 15 is 0 Å². The Bertz CT molecular complexity index is 669. The molecule has 0 spiro atoms. The number of nitrogens with two attached hydrogens (primary N) is 1. The van der Waals surface area contributed by atoms with Crippen molar-refractivity contribution in [2.45, 2.75) is 63.7 Å². The molecule has 3 amide bonds. The molecule has 30 heavy (non-hydrogen) atoms. The summed E-state index contributed by atoms with van der Waals surface area (Å²) in [5, 5.41) is 32.1. The second kappa shape index (κ2) is 11.5. The summed E-state index contributed by atoms with van der Waals surface area (Å²) in [6.07, 6.45) is -0.0203. The molecule has 0 aliphatic carbocycles. The normalized spacial score (nSPS) is 19.1. The van der Waals surface area contributed by atoms with Crippen LogP contribution in [0.3, 0.4) is 0 Å². The van der Waals surface area contributed by atoms with Gasteiger partial charge in [-0.05, 0) is 25.2 Å². The third-order valence-corrected chi connectivity index (χ3v) is 4.92. The molecule has 0 bridgehead atoms. The molecule has 1 fully saturated rings. The first-order valence-corrected chi connectivity index (χ1v) is 9.71. The first-order valence-electron chi connectivity index (χ1n) is 9.71. The fraction of sp³-hybridized carbons (Fsp3) is 0.722. The lowest BCUT2D eigenvalue weighted by molar-refractivity contribution is -0.145. The number of carbonyl (C=O) groups excluding carboxylic acids is 3. The standard InChI is InChI=1S/C18H30N4O8/c1-9(2)14(19)16(27)21-11(8-23)17(28)22-7-3-4-12(22)15(26)20-10(18(29)30)5-6-13(24)25/h9-12,14,23H,3-8,19H2,1-2H3,(H,20,26)(H,21,27)(H,24,25)(H,29,30). The summed E-state index contributed by atoms with van der Waals surface area (Å²) in [5.74, 6) is -4.81. The summed E-state index contributed by atoms with van der Waals surface area (Å²) in [5.41, 5.74) is 5.74. The molecule has 0 radical (unpaired) electrons. The highest BCUT2D eigenvalue weighted by Gasteiger charge is 2.39. The predicted octanol–water partition coefficient (Wildman–Crippen LogP) is -2.13. The van der Waals surface area contributed by atoms with Crippen LogP contribution < -0.4 is 16.4 Å². The van der Waals surface area contributed by atoms with E-state index < -0.39 is 66.9 Å². The maximum atomic E-state index is 12.8. The molecule has 0 aromatic carbocycles. The Labute approximate surface area is 173 Å². The van der Waals surface area contributed by atoms with Gasteiger partial charge in [-0.25, -0.2) is 4.79 Å². The zero-order valence-electron chi connectivity index (χ0n) is 17.0. The zero-order valence-corrected chi connectivity index (χ0v) is 17.0. The van der Waals surface area contributed by atoms with Crippen molar-refractivity contribution in [3.05, 3.63) is 0 Å². The molecule has 0 aromatic rings. The van der Waals surface area contributed by atoms with E-state index in [2.05, 4.69) is 10.6 Å². The van der Waals surface area contributed by atoms with Gasteiger partial charge in [0.1, 0.15) is 18.1 Å². The predicted molar refractivity (Wildman–Crippen MR) is 103 cm³/mol. The van der Waals surface area contributed by atoms with Gasteiger partial charge in [0.25, 0.3) is 0 Å². The van der Waals surface area contributed by atoms with Gasteiger partial charge in [-0.3, -0.25) is 19.2 Å². The molecule has 1 saturated heterocycles. The number of nitrogens with zero attached hydrogens (tertiary/aromatic N) is 1. The quantitative estimate of drug-likeness (QED) is 0.212. The second-order valence-electron chi connectivity index (χ2n) is 7.54. The Hall–Kier alpha value is -2.73. The molecule has 0 saturated carbocycles. The fourth-order valence-corrected chi connectivity index (χ4v) is 3.05. The van der Waals surface area contributed by atoms with E-state index in [1.165, 1.54) is 4.90 Å². The van der Waals surface area contributed by atoms with Gasteiger partial charge in [0, 0.05) is 13.0 Å². The number of nitrogens with one attached hydrogen (secondary N) is 2. The molecule has 12 nitrogen and oxygen atoms in total. The Balaban J connectivity index is 2.83. The van der Waals surface area contributed by atoms with Crippen molar-refractivity contribution < 1.29 is 39.3 Å². The number of amides is 3. The highest BCUT2D eigenvalue weighted by Crippen LogP contribution is 2.19. The van der Waals surface area contributed by atoms with Gasteiger partial charge in [-0.2, -0.15) is 0 Å². The number of aliphatic carboxylic acids is 2. The van der Waals surface area contributed by atoms with Crippen molar-refractivity contribution in [1.82, 2.24) is 15.5 Å². The fourth-order valence-electron chi connectivity index (χ4n) is 3.05. The molecule has 170 valence electrons. The van der Waals surface area contributed by atoms with Crippen LogP contribution in [0.25, 0.3) is 0 Å². The third-order valence-electron chi connectivity index (χ3n) is 4.92. The maximum Gasteiger partial charge on any atom is 0.326 e. The van der Waals surface area contributed by atoms with E-state index in [0.717, 1.165) is 0 Å². The van der Waals surface area contributed by atoms with E-state index in [1.54, 1.807) is 13.8 Å². The van der Waals surface area contributed by atoms with Gasteiger partial charge in [0.15, 0.2) is 0 Å². The molecule has 1 aliphatic heterocycles. The van der Waals surface area contributed by atoms with Crippen molar-refractivity contribution in [2.24, 2.45) is 11.7 Å². The van der Waals surface area contributed by atoms with Crippen LogP contribution in [0.15, 0.2) is 0 Å². The lowest BCUT2D eigenvalue weighted by Gasteiger charge is -2.29. The molecule has 4 atom stereocenters. The number of aliphatic hydroxyl groups is 1. The van der Waals surface area contributed by atoms with E-state index in [1.807, 2.05) is 0 Å². The van der Waals surface area contributed by atoms with Crippen LogP contribution in [0.5, 0.6) is 0 Å². The van der Waals surface area contributed by atoms with Gasteiger partial charge in [-0.1, -0.05) is 13.8 Å². The van der Waals surface area contributed by atoms with Crippen molar-refractivity contribution in [3.8, 4) is 0 Å². The number of carboxylic acid groups (broad SMARTS) is 2. The largest absolute Gasteiger partial charge is 0.481 e. The second-order valence-corrected chi connectivity index (χ2v) is 7.54. The number of rotatable bonds is 11. The lowest BCUT2D eigenvalue weighted by atomic mass is 10.0. The third kappa shape index (κ3) is 6.95. The van der Waals surface area contributed by atoms with Crippen molar-refractivity contribution in [2.75, 3.05) is 13.2 Å². The highest BCUT2D eigenvalue weighted by atomic mass is 16.4. The molecule has 7 N–H and O–H groups in total. The SMILES string of the molecule is CC(C)C(N)C(=O)NC(CO)C(=O)N1CCCC1C(=O)NC(CCC(=O)O)C(=O)O. The molecule has 1 heterocycles. The number of carboxylic acids is 2. The Kier molecular flexibility index (Phi) is 9.66. The molecule has 1 aliphatic rings. The Morgan fingerprint density at radius 1 is 1.10 bits per heavy atom. The first-order chi connectivity index (χ1) is 14.0. The topological polar surface area (TPSA) is 199 Å². The van der Waals surface area contributed by atoms with Crippen LogP contribution in [0.2, 0.25) is 0 Å². The van der Waals surface area contributed by atoms with Crippen molar-refractivity contribution in [3.63, 3.8) is 0 Å². The van der Waals surface area contributed by atoms with E-state index in [4.69, 9.17) is 10.8 Å². The molecule has 12 heteroatoms. The van der Waals surface area contributed by atoms with Crippen LogP contribution in [0.4, 0.5) is 0 Å². The summed E-state index contributed by atoms with van der Waals surface area (Å²) in [6, 6.07) is -4.58.